The highest BCUT2D eigenvalue weighted by atomic mass is 16.3. The van der Waals surface area contributed by atoms with Crippen LogP contribution in [-0.4, -0.2) is 35.7 Å². The van der Waals surface area contributed by atoms with Crippen LogP contribution in [0, 0.1) is 5.92 Å². The molecule has 0 saturated carbocycles. The molecule has 0 bridgehead atoms. The van der Waals surface area contributed by atoms with E-state index in [1.165, 1.54) is 6.42 Å². The highest BCUT2D eigenvalue weighted by Gasteiger charge is 2.32. The maximum absolute atomic E-state index is 10.3. The Kier molecular flexibility index (Phi) is 3.74. The number of rotatable bonds is 3. The molecule has 0 radical (unpaired) electrons. The molecule has 2 atom stereocenters. The molecule has 1 saturated heterocycles. The second-order valence-electron chi connectivity index (χ2n) is 4.78. The summed E-state index contributed by atoms with van der Waals surface area (Å²) in [5, 5.41) is 10.3. The number of hydrogen-bond donors (Lipinski definition) is 1. The van der Waals surface area contributed by atoms with Gasteiger partial charge in [0, 0.05) is 6.54 Å². The fraction of sp³-hybridized carbons (Fsp3) is 1.00. The predicted octanol–water partition coefficient (Wildman–Crippen LogP) is 1.88. The van der Waals surface area contributed by atoms with Crippen molar-refractivity contribution in [3.8, 4) is 0 Å². The van der Waals surface area contributed by atoms with E-state index >= 15 is 0 Å². The third-order valence-electron chi connectivity index (χ3n) is 3.17. The lowest BCUT2D eigenvalue weighted by atomic mass is 9.84. The first-order valence-corrected chi connectivity index (χ1v) is 5.46. The molecule has 2 unspecified atom stereocenters. The van der Waals surface area contributed by atoms with Crippen LogP contribution >= 0.6 is 0 Å². The predicted molar refractivity (Wildman–Crippen MR) is 55.8 cm³/mol. The number of aliphatic hydroxyl groups is 1. The number of hydrogen-bond acceptors (Lipinski definition) is 2. The smallest absolute Gasteiger partial charge is 0.0777 e. The van der Waals surface area contributed by atoms with Crippen LogP contribution in [0.25, 0.3) is 0 Å². The van der Waals surface area contributed by atoms with Crippen LogP contribution in [0.2, 0.25) is 0 Å². The van der Waals surface area contributed by atoms with Crippen molar-refractivity contribution in [2.45, 2.75) is 45.1 Å². The summed E-state index contributed by atoms with van der Waals surface area (Å²) in [6.07, 6.45) is 4.27. The lowest BCUT2D eigenvalue weighted by Crippen LogP contribution is -2.47. The highest BCUT2D eigenvalue weighted by molar-refractivity contribution is 4.86. The van der Waals surface area contributed by atoms with Crippen LogP contribution in [0.15, 0.2) is 0 Å². The van der Waals surface area contributed by atoms with Crippen molar-refractivity contribution in [2.75, 3.05) is 20.1 Å². The van der Waals surface area contributed by atoms with Gasteiger partial charge >= 0.3 is 0 Å². The first-order valence-electron chi connectivity index (χ1n) is 5.46. The van der Waals surface area contributed by atoms with Gasteiger partial charge in [0.2, 0.25) is 0 Å². The van der Waals surface area contributed by atoms with E-state index in [0.29, 0.717) is 5.92 Å². The molecule has 1 N–H and O–H groups in total. The van der Waals surface area contributed by atoms with Gasteiger partial charge in [-0.25, -0.2) is 0 Å². The van der Waals surface area contributed by atoms with E-state index < -0.39 is 5.60 Å². The van der Waals surface area contributed by atoms with Crippen molar-refractivity contribution in [1.82, 2.24) is 4.90 Å². The summed E-state index contributed by atoms with van der Waals surface area (Å²) in [4.78, 5) is 2.24. The van der Waals surface area contributed by atoms with Crippen molar-refractivity contribution >= 4 is 0 Å². The fourth-order valence-corrected chi connectivity index (χ4v) is 2.30. The van der Waals surface area contributed by atoms with E-state index in [1.54, 1.807) is 0 Å². The SMILES string of the molecule is CCC(C)CC1(O)CCCN(C)C1. The monoisotopic (exact) mass is 185 g/mol. The van der Waals surface area contributed by atoms with Gasteiger partial charge in [0.15, 0.2) is 0 Å². The zero-order chi connectivity index (χ0) is 9.90. The fourth-order valence-electron chi connectivity index (χ4n) is 2.30. The normalized spacial score (nSPS) is 33.2. The summed E-state index contributed by atoms with van der Waals surface area (Å²) < 4.78 is 0. The number of piperidine rings is 1. The number of β-amino-alcohol motifs (C(OH)–C–C–N with tert-alkyl or cyclic N) is 1. The van der Waals surface area contributed by atoms with Gasteiger partial charge in [0.25, 0.3) is 0 Å². The van der Waals surface area contributed by atoms with Crippen LogP contribution in [0.1, 0.15) is 39.5 Å². The third kappa shape index (κ3) is 3.28. The van der Waals surface area contributed by atoms with Gasteiger partial charge in [-0.2, -0.15) is 0 Å². The van der Waals surface area contributed by atoms with E-state index in [9.17, 15) is 5.11 Å². The Bertz CT molecular complexity index is 160. The molecule has 0 aliphatic carbocycles. The number of likely N-dealkylation sites (N-methyl/N-ethyl adjacent to an activating group) is 1. The van der Waals surface area contributed by atoms with Crippen molar-refractivity contribution in [1.29, 1.82) is 0 Å². The average Bonchev–Trinajstić information content (AvgIpc) is 2.02. The summed E-state index contributed by atoms with van der Waals surface area (Å²) >= 11 is 0. The molecule has 0 aromatic carbocycles. The third-order valence-corrected chi connectivity index (χ3v) is 3.17. The average molecular weight is 185 g/mol. The molecule has 78 valence electrons. The molecule has 1 aliphatic heterocycles. The quantitative estimate of drug-likeness (QED) is 0.725. The van der Waals surface area contributed by atoms with Crippen LogP contribution in [0.5, 0.6) is 0 Å². The summed E-state index contributed by atoms with van der Waals surface area (Å²) in [6.45, 7) is 6.42. The molecule has 0 amide bonds. The van der Waals surface area contributed by atoms with Crippen LogP contribution in [0.3, 0.4) is 0 Å². The Morgan fingerprint density at radius 1 is 1.54 bits per heavy atom. The molecule has 2 nitrogen and oxygen atoms in total. The number of nitrogens with zero attached hydrogens (tertiary/aromatic N) is 1. The maximum atomic E-state index is 10.3. The van der Waals surface area contributed by atoms with Crippen LogP contribution in [0.4, 0.5) is 0 Å². The topological polar surface area (TPSA) is 23.5 Å². The molecular formula is C11H23NO. The molecule has 2 heteroatoms. The van der Waals surface area contributed by atoms with Gasteiger partial charge < -0.3 is 10.0 Å². The zero-order valence-corrected chi connectivity index (χ0v) is 9.21. The van der Waals surface area contributed by atoms with Gasteiger partial charge in [-0.05, 0) is 38.8 Å². The van der Waals surface area contributed by atoms with Gasteiger partial charge in [0.05, 0.1) is 5.60 Å². The lowest BCUT2D eigenvalue weighted by Gasteiger charge is -2.38. The summed E-state index contributed by atoms with van der Waals surface area (Å²) in [5.74, 6) is 0.650. The van der Waals surface area contributed by atoms with Gasteiger partial charge in [-0.1, -0.05) is 20.3 Å². The molecular weight excluding hydrogens is 162 g/mol. The van der Waals surface area contributed by atoms with Gasteiger partial charge in [-0.15, -0.1) is 0 Å². The zero-order valence-electron chi connectivity index (χ0n) is 9.21. The van der Waals surface area contributed by atoms with E-state index in [1.807, 2.05) is 0 Å². The summed E-state index contributed by atoms with van der Waals surface area (Å²) in [7, 11) is 2.10. The molecule has 1 aliphatic rings. The van der Waals surface area contributed by atoms with E-state index in [0.717, 1.165) is 32.4 Å². The maximum Gasteiger partial charge on any atom is 0.0777 e. The van der Waals surface area contributed by atoms with Gasteiger partial charge in [0.1, 0.15) is 0 Å². The van der Waals surface area contributed by atoms with Gasteiger partial charge in [-0.3, -0.25) is 0 Å². The molecule has 1 fully saturated rings. The van der Waals surface area contributed by atoms with Crippen LogP contribution in [-0.2, 0) is 0 Å². The van der Waals surface area contributed by atoms with Crippen molar-refractivity contribution in [2.24, 2.45) is 5.92 Å². The Morgan fingerprint density at radius 3 is 2.77 bits per heavy atom. The first-order chi connectivity index (χ1) is 6.06. The van der Waals surface area contributed by atoms with E-state index in [-0.39, 0.29) is 0 Å². The second-order valence-corrected chi connectivity index (χ2v) is 4.78. The molecule has 0 aromatic heterocycles. The first kappa shape index (κ1) is 11.0. The Balaban J connectivity index is 2.44. The summed E-state index contributed by atoms with van der Waals surface area (Å²) in [6, 6.07) is 0. The molecule has 13 heavy (non-hydrogen) atoms. The molecule has 0 spiro atoms. The Morgan fingerprint density at radius 2 is 2.23 bits per heavy atom. The minimum Gasteiger partial charge on any atom is -0.389 e. The highest BCUT2D eigenvalue weighted by Crippen LogP contribution is 2.28. The molecule has 1 heterocycles. The Hall–Kier alpha value is -0.0800. The minimum atomic E-state index is -0.400. The van der Waals surface area contributed by atoms with Crippen molar-refractivity contribution in [3.63, 3.8) is 0 Å². The van der Waals surface area contributed by atoms with E-state index in [2.05, 4.69) is 25.8 Å². The molecule has 1 rings (SSSR count). The van der Waals surface area contributed by atoms with Crippen LogP contribution < -0.4 is 0 Å². The summed E-state index contributed by atoms with van der Waals surface area (Å²) in [5.41, 5.74) is -0.400. The standard InChI is InChI=1S/C11H23NO/c1-4-10(2)8-11(13)6-5-7-12(3)9-11/h10,13H,4-9H2,1-3H3. The largest absolute Gasteiger partial charge is 0.389 e. The van der Waals surface area contributed by atoms with Crippen molar-refractivity contribution < 1.29 is 5.11 Å². The minimum absolute atomic E-state index is 0.400. The molecule has 0 aromatic rings. The number of likely N-dealkylation sites (tertiary alicyclic amines) is 1. The van der Waals surface area contributed by atoms with E-state index in [4.69, 9.17) is 0 Å². The lowest BCUT2D eigenvalue weighted by molar-refractivity contribution is -0.0396. The van der Waals surface area contributed by atoms with Crippen molar-refractivity contribution in [3.05, 3.63) is 0 Å². The Labute approximate surface area is 81.9 Å². The second kappa shape index (κ2) is 4.43.